The van der Waals surface area contributed by atoms with Crippen molar-refractivity contribution in [1.82, 2.24) is 5.32 Å². The average molecular weight is 385 g/mol. The highest BCUT2D eigenvalue weighted by molar-refractivity contribution is 6.02. The molecule has 0 saturated carbocycles. The number of rotatable bonds is 5. The van der Waals surface area contributed by atoms with Crippen LogP contribution in [0.5, 0.6) is 11.5 Å². The Morgan fingerprint density at radius 3 is 2.14 bits per heavy atom. The van der Waals surface area contributed by atoms with Crippen LogP contribution in [-0.4, -0.2) is 22.7 Å². The molecule has 0 aliphatic heterocycles. The topological polar surface area (TPSA) is 69.6 Å². The van der Waals surface area contributed by atoms with Gasteiger partial charge in [0.2, 0.25) is 0 Å². The van der Waals surface area contributed by atoms with Crippen LogP contribution in [0.3, 0.4) is 0 Å². The van der Waals surface area contributed by atoms with Gasteiger partial charge in [-0.15, -0.1) is 0 Å². The number of aromatic hydroxyl groups is 2. The van der Waals surface area contributed by atoms with Gasteiger partial charge in [-0.3, -0.25) is 4.79 Å². The van der Waals surface area contributed by atoms with Crippen LogP contribution in [0.15, 0.2) is 66.7 Å². The maximum Gasteiger partial charge on any atom is 0.255 e. The monoisotopic (exact) mass is 385 g/mol. The molecule has 4 nitrogen and oxygen atoms in total. The highest BCUT2D eigenvalue weighted by Crippen LogP contribution is 2.31. The molecule has 0 unspecified atom stereocenters. The Balaban J connectivity index is 1.72. The zero-order valence-corrected chi connectivity index (χ0v) is 16.3. The van der Waals surface area contributed by atoms with E-state index in [0.717, 1.165) is 45.5 Å². The van der Waals surface area contributed by atoms with Crippen LogP contribution in [0.1, 0.15) is 30.1 Å². The van der Waals surface area contributed by atoms with E-state index in [1.165, 1.54) is 0 Å². The molecule has 4 aromatic rings. The Labute approximate surface area is 169 Å². The lowest BCUT2D eigenvalue weighted by atomic mass is 9.97. The van der Waals surface area contributed by atoms with Crippen LogP contribution >= 0.6 is 0 Å². The number of carbonyl (C=O) groups is 1. The number of unbranched alkanes of at least 4 members (excludes halogenated alkanes) is 1. The molecule has 0 aliphatic carbocycles. The minimum Gasteiger partial charge on any atom is -0.508 e. The number of hydrogen-bond donors (Lipinski definition) is 3. The van der Waals surface area contributed by atoms with Gasteiger partial charge in [0.25, 0.3) is 5.91 Å². The van der Waals surface area contributed by atoms with Crippen LogP contribution in [0.2, 0.25) is 0 Å². The van der Waals surface area contributed by atoms with Crippen LogP contribution in [0.4, 0.5) is 0 Å². The van der Waals surface area contributed by atoms with Crippen LogP contribution in [-0.2, 0) is 0 Å². The summed E-state index contributed by atoms with van der Waals surface area (Å²) in [5.41, 5.74) is 2.36. The van der Waals surface area contributed by atoms with E-state index in [0.29, 0.717) is 12.1 Å². The molecule has 1 amide bonds. The third kappa shape index (κ3) is 3.87. The molecule has 146 valence electrons. The third-order valence-electron chi connectivity index (χ3n) is 5.17. The van der Waals surface area contributed by atoms with Gasteiger partial charge in [-0.1, -0.05) is 43.7 Å². The fourth-order valence-corrected chi connectivity index (χ4v) is 3.53. The molecule has 4 heteroatoms. The quantitative estimate of drug-likeness (QED) is 0.392. The van der Waals surface area contributed by atoms with Gasteiger partial charge in [-0.25, -0.2) is 0 Å². The van der Waals surface area contributed by atoms with E-state index in [1.54, 1.807) is 24.3 Å². The normalized spacial score (nSPS) is 11.1. The van der Waals surface area contributed by atoms with E-state index in [9.17, 15) is 15.0 Å². The Bertz CT molecular complexity index is 1210. The van der Waals surface area contributed by atoms with Crippen molar-refractivity contribution in [3.63, 3.8) is 0 Å². The molecule has 0 aromatic heterocycles. The first-order valence-corrected chi connectivity index (χ1v) is 9.83. The first-order chi connectivity index (χ1) is 14.0. The Morgan fingerprint density at radius 2 is 1.41 bits per heavy atom. The maximum absolute atomic E-state index is 12.4. The van der Waals surface area contributed by atoms with Crippen molar-refractivity contribution in [2.45, 2.75) is 19.8 Å². The second kappa shape index (κ2) is 7.84. The molecule has 0 spiro atoms. The maximum atomic E-state index is 12.4. The van der Waals surface area contributed by atoms with Crippen LogP contribution in [0, 0.1) is 0 Å². The highest BCUT2D eigenvalue weighted by Gasteiger charge is 2.13. The second-order valence-electron chi connectivity index (χ2n) is 7.29. The van der Waals surface area contributed by atoms with Crippen molar-refractivity contribution in [2.75, 3.05) is 6.54 Å². The van der Waals surface area contributed by atoms with Crippen molar-refractivity contribution in [2.24, 2.45) is 0 Å². The second-order valence-corrected chi connectivity index (χ2v) is 7.29. The summed E-state index contributed by atoms with van der Waals surface area (Å²) < 4.78 is 0. The van der Waals surface area contributed by atoms with Crippen molar-refractivity contribution in [3.8, 4) is 22.6 Å². The lowest BCUT2D eigenvalue weighted by molar-refractivity contribution is 0.0950. The Kier molecular flexibility index (Phi) is 5.09. The average Bonchev–Trinajstić information content (AvgIpc) is 2.72. The molecular weight excluding hydrogens is 362 g/mol. The zero-order chi connectivity index (χ0) is 20.4. The number of benzene rings is 4. The number of nitrogens with one attached hydrogen (secondary N) is 1. The summed E-state index contributed by atoms with van der Waals surface area (Å²) in [4.78, 5) is 12.4. The van der Waals surface area contributed by atoms with E-state index in [1.807, 2.05) is 36.4 Å². The molecule has 29 heavy (non-hydrogen) atoms. The molecule has 0 fully saturated rings. The van der Waals surface area contributed by atoms with Crippen molar-refractivity contribution in [1.29, 1.82) is 0 Å². The predicted molar refractivity (Wildman–Crippen MR) is 117 cm³/mol. The highest BCUT2D eigenvalue weighted by atomic mass is 16.3. The number of phenols is 2. The minimum atomic E-state index is -0.256. The van der Waals surface area contributed by atoms with E-state index in [2.05, 4.69) is 18.3 Å². The summed E-state index contributed by atoms with van der Waals surface area (Å²) in [6, 6.07) is 20.8. The third-order valence-corrected chi connectivity index (χ3v) is 5.17. The van der Waals surface area contributed by atoms with Gasteiger partial charge in [-0.05, 0) is 75.5 Å². The van der Waals surface area contributed by atoms with E-state index in [-0.39, 0.29) is 17.4 Å². The molecule has 4 aromatic carbocycles. The molecule has 0 aliphatic rings. The van der Waals surface area contributed by atoms with Gasteiger partial charge in [0, 0.05) is 6.54 Å². The zero-order valence-electron chi connectivity index (χ0n) is 16.3. The minimum absolute atomic E-state index is 0.00948. The first-order valence-electron chi connectivity index (χ1n) is 9.83. The summed E-state index contributed by atoms with van der Waals surface area (Å²) >= 11 is 0. The number of hydrogen-bond acceptors (Lipinski definition) is 3. The Hall–Kier alpha value is -3.53. The lowest BCUT2D eigenvalue weighted by Crippen LogP contribution is -2.24. The fraction of sp³-hybridized carbons (Fsp3) is 0.160. The largest absolute Gasteiger partial charge is 0.508 e. The van der Waals surface area contributed by atoms with Crippen molar-refractivity contribution in [3.05, 3.63) is 72.3 Å². The van der Waals surface area contributed by atoms with Gasteiger partial charge in [0.15, 0.2) is 0 Å². The molecule has 3 N–H and O–H groups in total. The number of amides is 1. The van der Waals surface area contributed by atoms with Gasteiger partial charge in [0.05, 0.1) is 5.56 Å². The molecular formula is C25H23NO3. The Morgan fingerprint density at radius 1 is 0.793 bits per heavy atom. The van der Waals surface area contributed by atoms with Crippen LogP contribution < -0.4 is 5.32 Å². The number of carbonyl (C=O) groups excluding carboxylic acids is 1. The summed E-state index contributed by atoms with van der Waals surface area (Å²) in [5.74, 6) is -0.0148. The predicted octanol–water partition coefficient (Wildman–Crippen LogP) is 5.60. The summed E-state index contributed by atoms with van der Waals surface area (Å²) in [6.45, 7) is 2.66. The van der Waals surface area contributed by atoms with Crippen molar-refractivity contribution >= 4 is 27.5 Å². The summed E-state index contributed by atoms with van der Waals surface area (Å²) in [5, 5.41) is 26.6. The SMILES string of the molecule is CCCCNC(=O)c1cc2cc(-c3ccc4cc(O)ccc4c3)ccc2cc1O. The van der Waals surface area contributed by atoms with Gasteiger partial charge < -0.3 is 15.5 Å². The molecule has 0 saturated heterocycles. The molecule has 0 atom stereocenters. The van der Waals surface area contributed by atoms with E-state index >= 15 is 0 Å². The lowest BCUT2D eigenvalue weighted by Gasteiger charge is -2.10. The molecule has 0 bridgehead atoms. The van der Waals surface area contributed by atoms with Gasteiger partial charge in [0.1, 0.15) is 11.5 Å². The molecule has 0 radical (unpaired) electrons. The van der Waals surface area contributed by atoms with Crippen molar-refractivity contribution < 1.29 is 15.0 Å². The number of fused-ring (bicyclic) bond motifs is 2. The van der Waals surface area contributed by atoms with Crippen LogP contribution in [0.25, 0.3) is 32.7 Å². The first kappa shape index (κ1) is 18.8. The fourth-order valence-electron chi connectivity index (χ4n) is 3.53. The molecule has 0 heterocycles. The van der Waals surface area contributed by atoms with E-state index in [4.69, 9.17) is 0 Å². The smallest absolute Gasteiger partial charge is 0.255 e. The standard InChI is InChI=1S/C25H23NO3/c1-2-3-10-26-25(29)23-14-21-12-17(5-7-20(21)15-24(23)28)16-4-6-19-13-22(27)9-8-18(19)11-16/h4-9,11-15,27-28H,2-3,10H2,1H3,(H,26,29). The van der Waals surface area contributed by atoms with E-state index < -0.39 is 0 Å². The summed E-state index contributed by atoms with van der Waals surface area (Å²) in [6.07, 6.45) is 1.91. The van der Waals surface area contributed by atoms with Gasteiger partial charge >= 0.3 is 0 Å². The summed E-state index contributed by atoms with van der Waals surface area (Å²) in [7, 11) is 0. The molecule has 4 rings (SSSR count). The van der Waals surface area contributed by atoms with Gasteiger partial charge in [-0.2, -0.15) is 0 Å². The number of phenolic OH excluding ortho intramolecular Hbond substituents is 2.